The second-order valence-electron chi connectivity index (χ2n) is 5.23. The van der Waals surface area contributed by atoms with E-state index in [9.17, 15) is 4.79 Å². The van der Waals surface area contributed by atoms with Crippen molar-refractivity contribution in [3.8, 4) is 0 Å². The monoisotopic (exact) mass is 248 g/mol. The zero-order chi connectivity index (χ0) is 12.4. The third-order valence-electron chi connectivity index (χ3n) is 4.10. The van der Waals surface area contributed by atoms with Crippen molar-refractivity contribution in [2.45, 2.75) is 31.7 Å². The number of rotatable bonds is 2. The summed E-state index contributed by atoms with van der Waals surface area (Å²) >= 11 is 0. The summed E-state index contributed by atoms with van der Waals surface area (Å²) < 4.78 is 5.48. The number of amides is 1. The van der Waals surface area contributed by atoms with Crippen molar-refractivity contribution in [1.82, 2.24) is 10.2 Å². The Morgan fingerprint density at radius 3 is 2.89 bits per heavy atom. The summed E-state index contributed by atoms with van der Waals surface area (Å²) in [6, 6.07) is 4.06. The lowest BCUT2D eigenvalue weighted by atomic mass is 9.96. The van der Waals surface area contributed by atoms with Crippen LogP contribution in [0.25, 0.3) is 0 Å². The van der Waals surface area contributed by atoms with Crippen LogP contribution in [0, 0.1) is 5.92 Å². The van der Waals surface area contributed by atoms with E-state index in [4.69, 9.17) is 4.42 Å². The quantitative estimate of drug-likeness (QED) is 0.870. The lowest BCUT2D eigenvalue weighted by molar-refractivity contribution is -0.137. The van der Waals surface area contributed by atoms with E-state index in [2.05, 4.69) is 5.32 Å². The molecule has 1 aromatic heterocycles. The molecule has 2 saturated heterocycles. The lowest BCUT2D eigenvalue weighted by Crippen LogP contribution is -2.40. The predicted molar refractivity (Wildman–Crippen MR) is 68.0 cm³/mol. The molecule has 4 nitrogen and oxygen atoms in total. The Morgan fingerprint density at radius 2 is 2.17 bits per heavy atom. The van der Waals surface area contributed by atoms with E-state index in [1.807, 2.05) is 17.0 Å². The molecule has 2 aliphatic rings. The van der Waals surface area contributed by atoms with Crippen molar-refractivity contribution < 1.29 is 9.21 Å². The van der Waals surface area contributed by atoms with E-state index in [0.29, 0.717) is 5.91 Å². The first-order valence-corrected chi connectivity index (χ1v) is 6.91. The van der Waals surface area contributed by atoms with Gasteiger partial charge in [-0.25, -0.2) is 0 Å². The average molecular weight is 248 g/mol. The van der Waals surface area contributed by atoms with Crippen LogP contribution in [0.4, 0.5) is 0 Å². The number of hydrogen-bond acceptors (Lipinski definition) is 3. The zero-order valence-corrected chi connectivity index (χ0v) is 10.6. The maximum absolute atomic E-state index is 12.6. The second-order valence-corrected chi connectivity index (χ2v) is 5.23. The van der Waals surface area contributed by atoms with Crippen molar-refractivity contribution >= 4 is 5.91 Å². The Bertz CT molecular complexity index is 396. The van der Waals surface area contributed by atoms with Crippen molar-refractivity contribution in [2.75, 3.05) is 19.6 Å². The Labute approximate surface area is 107 Å². The molecule has 1 amide bonds. The fourth-order valence-corrected chi connectivity index (χ4v) is 3.11. The van der Waals surface area contributed by atoms with Gasteiger partial charge in [0.15, 0.2) is 0 Å². The molecule has 0 saturated carbocycles. The molecule has 1 atom stereocenters. The molecule has 18 heavy (non-hydrogen) atoms. The fourth-order valence-electron chi connectivity index (χ4n) is 3.11. The molecule has 3 heterocycles. The van der Waals surface area contributed by atoms with E-state index in [0.717, 1.165) is 51.1 Å². The van der Waals surface area contributed by atoms with E-state index in [-0.39, 0.29) is 12.0 Å². The average Bonchev–Trinajstić information content (AvgIpc) is 3.09. The number of hydrogen-bond donors (Lipinski definition) is 1. The molecular weight excluding hydrogens is 228 g/mol. The molecule has 1 unspecified atom stereocenters. The predicted octanol–water partition coefficient (Wildman–Crippen LogP) is 1.94. The first-order chi connectivity index (χ1) is 8.86. The first-order valence-electron chi connectivity index (χ1n) is 6.91. The second kappa shape index (κ2) is 5.14. The third kappa shape index (κ3) is 2.17. The van der Waals surface area contributed by atoms with Gasteiger partial charge in [-0.3, -0.25) is 4.79 Å². The molecule has 0 aromatic carbocycles. The molecule has 0 radical (unpaired) electrons. The smallest absolute Gasteiger partial charge is 0.226 e. The molecule has 2 aliphatic heterocycles. The van der Waals surface area contributed by atoms with Gasteiger partial charge in [-0.1, -0.05) is 0 Å². The number of likely N-dealkylation sites (tertiary alicyclic amines) is 1. The molecule has 0 aliphatic carbocycles. The Kier molecular flexibility index (Phi) is 3.37. The van der Waals surface area contributed by atoms with Crippen LogP contribution >= 0.6 is 0 Å². The van der Waals surface area contributed by atoms with Crippen LogP contribution in [0.3, 0.4) is 0 Å². The molecule has 98 valence electrons. The standard InChI is InChI=1S/C14H20N2O2/c17-14(11-5-7-15-8-6-11)16-9-1-3-12(16)13-4-2-10-18-13/h2,4,10-12,15H,1,3,5-9H2. The maximum atomic E-state index is 12.6. The van der Waals surface area contributed by atoms with Crippen LogP contribution in [0.2, 0.25) is 0 Å². The largest absolute Gasteiger partial charge is 0.467 e. The summed E-state index contributed by atoms with van der Waals surface area (Å²) in [4.78, 5) is 14.6. The maximum Gasteiger partial charge on any atom is 0.226 e. The van der Waals surface area contributed by atoms with Gasteiger partial charge >= 0.3 is 0 Å². The Hall–Kier alpha value is -1.29. The minimum atomic E-state index is 0.169. The number of nitrogens with zero attached hydrogens (tertiary/aromatic N) is 1. The minimum absolute atomic E-state index is 0.169. The summed E-state index contributed by atoms with van der Waals surface area (Å²) in [6.07, 6.45) is 5.76. The van der Waals surface area contributed by atoms with Crippen LogP contribution in [0.5, 0.6) is 0 Å². The lowest BCUT2D eigenvalue weighted by Gasteiger charge is -2.30. The minimum Gasteiger partial charge on any atom is -0.467 e. The van der Waals surface area contributed by atoms with E-state index < -0.39 is 0 Å². The number of furan rings is 1. The van der Waals surface area contributed by atoms with Gasteiger partial charge in [-0.05, 0) is 50.9 Å². The topological polar surface area (TPSA) is 45.5 Å². The van der Waals surface area contributed by atoms with Crippen molar-refractivity contribution in [1.29, 1.82) is 0 Å². The SMILES string of the molecule is O=C(C1CCNCC1)N1CCCC1c1ccco1. The van der Waals surface area contributed by atoms with Gasteiger partial charge in [0.2, 0.25) is 5.91 Å². The van der Waals surface area contributed by atoms with Crippen molar-refractivity contribution in [2.24, 2.45) is 5.92 Å². The first kappa shape index (κ1) is 11.8. The fraction of sp³-hybridized carbons (Fsp3) is 0.643. The summed E-state index contributed by atoms with van der Waals surface area (Å²) in [7, 11) is 0. The highest BCUT2D eigenvalue weighted by atomic mass is 16.3. The zero-order valence-electron chi connectivity index (χ0n) is 10.6. The van der Waals surface area contributed by atoms with Crippen molar-refractivity contribution in [3.05, 3.63) is 24.2 Å². The van der Waals surface area contributed by atoms with E-state index >= 15 is 0 Å². The third-order valence-corrected chi connectivity index (χ3v) is 4.10. The van der Waals surface area contributed by atoms with Gasteiger partial charge in [0.1, 0.15) is 5.76 Å². The normalized spacial score (nSPS) is 25.6. The molecule has 2 fully saturated rings. The summed E-state index contributed by atoms with van der Waals surface area (Å²) in [6.45, 7) is 2.82. The van der Waals surface area contributed by atoms with Crippen LogP contribution in [-0.2, 0) is 4.79 Å². The summed E-state index contributed by atoms with van der Waals surface area (Å²) in [5.41, 5.74) is 0. The van der Waals surface area contributed by atoms with Gasteiger partial charge in [0, 0.05) is 12.5 Å². The van der Waals surface area contributed by atoms with Gasteiger partial charge in [0.25, 0.3) is 0 Å². The van der Waals surface area contributed by atoms with Gasteiger partial charge < -0.3 is 14.6 Å². The molecular formula is C14H20N2O2. The van der Waals surface area contributed by atoms with Crippen LogP contribution in [0.15, 0.2) is 22.8 Å². The van der Waals surface area contributed by atoms with Crippen LogP contribution in [-0.4, -0.2) is 30.4 Å². The van der Waals surface area contributed by atoms with E-state index in [1.165, 1.54) is 0 Å². The Morgan fingerprint density at radius 1 is 1.33 bits per heavy atom. The van der Waals surface area contributed by atoms with E-state index in [1.54, 1.807) is 6.26 Å². The van der Waals surface area contributed by atoms with Crippen molar-refractivity contribution in [3.63, 3.8) is 0 Å². The van der Waals surface area contributed by atoms with Gasteiger partial charge in [0.05, 0.1) is 12.3 Å². The number of carbonyl (C=O) groups excluding carboxylic acids is 1. The molecule has 4 heteroatoms. The molecule has 1 aromatic rings. The van der Waals surface area contributed by atoms with Crippen LogP contribution in [0.1, 0.15) is 37.5 Å². The molecule has 0 spiro atoms. The van der Waals surface area contributed by atoms with Gasteiger partial charge in [-0.15, -0.1) is 0 Å². The molecule has 0 bridgehead atoms. The van der Waals surface area contributed by atoms with Gasteiger partial charge in [-0.2, -0.15) is 0 Å². The highest BCUT2D eigenvalue weighted by Crippen LogP contribution is 2.34. The number of carbonyl (C=O) groups is 1. The highest BCUT2D eigenvalue weighted by Gasteiger charge is 2.35. The molecule has 1 N–H and O–H groups in total. The number of nitrogens with one attached hydrogen (secondary N) is 1. The Balaban J connectivity index is 1.72. The summed E-state index contributed by atoms with van der Waals surface area (Å²) in [5.74, 6) is 1.48. The molecule has 3 rings (SSSR count). The highest BCUT2D eigenvalue weighted by molar-refractivity contribution is 5.79. The van der Waals surface area contributed by atoms with Crippen LogP contribution < -0.4 is 5.32 Å². The number of piperidine rings is 1. The summed E-state index contributed by atoms with van der Waals surface area (Å²) in [5, 5.41) is 3.31.